The first-order chi connectivity index (χ1) is 9.30. The molecule has 0 aromatic heterocycles. The molecule has 1 rings (SSSR count). The van der Waals surface area contributed by atoms with Crippen LogP contribution in [0.4, 0.5) is 0 Å². The molecule has 4 heteroatoms. The first-order valence-corrected chi connectivity index (χ1v) is 6.93. The van der Waals surface area contributed by atoms with Crippen LogP contribution in [0.3, 0.4) is 0 Å². The van der Waals surface area contributed by atoms with Crippen molar-refractivity contribution in [2.45, 2.75) is 32.2 Å². The van der Waals surface area contributed by atoms with Crippen LogP contribution in [0.5, 0.6) is 0 Å². The van der Waals surface area contributed by atoms with Gasteiger partial charge in [-0.3, -0.25) is 0 Å². The second-order valence-corrected chi connectivity index (χ2v) is 4.73. The standard InChI is InChI=1S/C15H24N2O2/c1-3-5-9-15(4-2)19-13-14(16-18)12-17-10-7-6-8-11-17/h3-5,9,14H,2,6-8,10-13H2,1H3/b5-3+,15-9+. The van der Waals surface area contributed by atoms with E-state index in [4.69, 9.17) is 4.74 Å². The van der Waals surface area contributed by atoms with Gasteiger partial charge in [0.15, 0.2) is 0 Å². The van der Waals surface area contributed by atoms with Gasteiger partial charge in [-0.1, -0.05) is 30.3 Å². The van der Waals surface area contributed by atoms with Gasteiger partial charge in [0.1, 0.15) is 18.4 Å². The minimum atomic E-state index is -0.313. The molecule has 0 bridgehead atoms. The van der Waals surface area contributed by atoms with Gasteiger partial charge >= 0.3 is 0 Å². The Hall–Kier alpha value is -1.42. The lowest BCUT2D eigenvalue weighted by molar-refractivity contribution is 0.158. The molecule has 1 atom stereocenters. The number of allylic oxidation sites excluding steroid dienone is 4. The third-order valence-corrected chi connectivity index (χ3v) is 3.16. The maximum absolute atomic E-state index is 10.9. The van der Waals surface area contributed by atoms with Crippen molar-refractivity contribution in [1.29, 1.82) is 0 Å². The van der Waals surface area contributed by atoms with Crippen molar-refractivity contribution >= 4 is 0 Å². The second kappa shape index (κ2) is 9.50. The van der Waals surface area contributed by atoms with E-state index in [2.05, 4.69) is 16.7 Å². The quantitative estimate of drug-likeness (QED) is 0.384. The predicted octanol–water partition coefficient (Wildman–Crippen LogP) is 3.27. The molecule has 0 radical (unpaired) electrons. The number of hydrogen-bond donors (Lipinski definition) is 0. The Morgan fingerprint density at radius 3 is 2.74 bits per heavy atom. The van der Waals surface area contributed by atoms with E-state index in [0.717, 1.165) is 13.1 Å². The summed E-state index contributed by atoms with van der Waals surface area (Å²) in [6.07, 6.45) is 11.0. The third-order valence-electron chi connectivity index (χ3n) is 3.16. The number of piperidine rings is 1. The van der Waals surface area contributed by atoms with E-state index in [0.29, 0.717) is 18.9 Å². The molecule has 0 aromatic carbocycles. The molecule has 1 unspecified atom stereocenters. The van der Waals surface area contributed by atoms with E-state index in [9.17, 15) is 4.91 Å². The van der Waals surface area contributed by atoms with Crippen LogP contribution in [0.15, 0.2) is 41.8 Å². The maximum Gasteiger partial charge on any atom is 0.138 e. The molecule has 1 saturated heterocycles. The molecule has 0 aromatic rings. The molecule has 4 nitrogen and oxygen atoms in total. The number of rotatable bonds is 8. The fourth-order valence-electron chi connectivity index (χ4n) is 2.12. The topological polar surface area (TPSA) is 41.9 Å². The van der Waals surface area contributed by atoms with Gasteiger partial charge in [0.05, 0.1) is 0 Å². The molecule has 1 aliphatic rings. The first kappa shape index (κ1) is 15.6. The van der Waals surface area contributed by atoms with Crippen LogP contribution in [-0.4, -0.2) is 37.2 Å². The zero-order chi connectivity index (χ0) is 13.9. The van der Waals surface area contributed by atoms with Crippen molar-refractivity contribution in [3.8, 4) is 0 Å². The fourth-order valence-corrected chi connectivity index (χ4v) is 2.12. The molecule has 0 N–H and O–H groups in total. The summed E-state index contributed by atoms with van der Waals surface area (Å²) in [5.41, 5.74) is 0. The van der Waals surface area contributed by atoms with Crippen LogP contribution in [0.2, 0.25) is 0 Å². The monoisotopic (exact) mass is 264 g/mol. The van der Waals surface area contributed by atoms with E-state index in [1.165, 1.54) is 19.3 Å². The molecule has 0 saturated carbocycles. The largest absolute Gasteiger partial charge is 0.491 e. The lowest BCUT2D eigenvalue weighted by Crippen LogP contribution is -2.37. The average molecular weight is 264 g/mol. The molecule has 0 spiro atoms. The van der Waals surface area contributed by atoms with Crippen LogP contribution in [0.25, 0.3) is 0 Å². The average Bonchev–Trinajstić information content (AvgIpc) is 2.47. The van der Waals surface area contributed by atoms with E-state index >= 15 is 0 Å². The van der Waals surface area contributed by atoms with Gasteiger partial charge in [-0.25, -0.2) is 0 Å². The minimum absolute atomic E-state index is 0.313. The lowest BCUT2D eigenvalue weighted by atomic mass is 10.1. The highest BCUT2D eigenvalue weighted by Crippen LogP contribution is 2.11. The van der Waals surface area contributed by atoms with Crippen LogP contribution < -0.4 is 0 Å². The number of hydrogen-bond acceptors (Lipinski definition) is 4. The molecule has 1 heterocycles. The molecular weight excluding hydrogens is 240 g/mol. The Labute approximate surface area is 115 Å². The van der Waals surface area contributed by atoms with Gasteiger partial charge in [0.25, 0.3) is 0 Å². The second-order valence-electron chi connectivity index (χ2n) is 4.73. The Kier molecular flexibility index (Phi) is 7.82. The highest BCUT2D eigenvalue weighted by Gasteiger charge is 2.17. The van der Waals surface area contributed by atoms with Gasteiger partial charge in [-0.15, -0.1) is 0 Å². The first-order valence-electron chi connectivity index (χ1n) is 6.93. The van der Waals surface area contributed by atoms with E-state index < -0.39 is 0 Å². The Balaban J connectivity index is 2.38. The lowest BCUT2D eigenvalue weighted by Gasteiger charge is -2.27. The summed E-state index contributed by atoms with van der Waals surface area (Å²) in [4.78, 5) is 13.2. The van der Waals surface area contributed by atoms with Gasteiger partial charge in [-0.2, -0.15) is 4.91 Å². The Morgan fingerprint density at radius 1 is 1.42 bits per heavy atom. The normalized spacial score (nSPS) is 19.3. The summed E-state index contributed by atoms with van der Waals surface area (Å²) in [7, 11) is 0. The number of nitrogens with zero attached hydrogens (tertiary/aromatic N) is 2. The van der Waals surface area contributed by atoms with Gasteiger partial charge < -0.3 is 9.64 Å². The fraction of sp³-hybridized carbons (Fsp3) is 0.600. The molecule has 0 aliphatic carbocycles. The summed E-state index contributed by atoms with van der Waals surface area (Å²) in [5.74, 6) is 0.672. The molecule has 0 amide bonds. The SMILES string of the molecule is C=C/C(=C\C=C\C)OCC(CN1CCCCC1)N=O. The highest BCUT2D eigenvalue weighted by atomic mass is 16.5. The summed E-state index contributed by atoms with van der Waals surface area (Å²) >= 11 is 0. The Bertz CT molecular complexity index is 331. The number of ether oxygens (including phenoxy) is 1. The predicted molar refractivity (Wildman–Crippen MR) is 78.9 cm³/mol. The zero-order valence-corrected chi connectivity index (χ0v) is 11.8. The number of nitroso groups, excluding NO2 is 1. The Morgan fingerprint density at radius 2 is 2.16 bits per heavy atom. The van der Waals surface area contributed by atoms with Crippen molar-refractivity contribution in [2.24, 2.45) is 5.18 Å². The van der Waals surface area contributed by atoms with Gasteiger partial charge in [-0.05, 0) is 45.0 Å². The van der Waals surface area contributed by atoms with Crippen LogP contribution >= 0.6 is 0 Å². The summed E-state index contributed by atoms with van der Waals surface area (Å²) < 4.78 is 5.56. The smallest absolute Gasteiger partial charge is 0.138 e. The van der Waals surface area contributed by atoms with Crippen molar-refractivity contribution in [2.75, 3.05) is 26.2 Å². The maximum atomic E-state index is 10.9. The summed E-state index contributed by atoms with van der Waals surface area (Å²) in [6, 6.07) is -0.313. The van der Waals surface area contributed by atoms with E-state index in [1.54, 1.807) is 6.08 Å². The van der Waals surface area contributed by atoms with Crippen molar-refractivity contribution < 1.29 is 4.74 Å². The summed E-state index contributed by atoms with van der Waals surface area (Å²) in [6.45, 7) is 8.76. The molecular formula is C15H24N2O2. The summed E-state index contributed by atoms with van der Waals surface area (Å²) in [5, 5.41) is 3.17. The number of likely N-dealkylation sites (tertiary alicyclic amines) is 1. The van der Waals surface area contributed by atoms with Crippen molar-refractivity contribution in [3.05, 3.63) is 41.5 Å². The van der Waals surface area contributed by atoms with Gasteiger partial charge in [0, 0.05) is 6.54 Å². The van der Waals surface area contributed by atoms with E-state index in [1.807, 2.05) is 25.2 Å². The van der Waals surface area contributed by atoms with Gasteiger partial charge in [0.2, 0.25) is 0 Å². The van der Waals surface area contributed by atoms with Crippen LogP contribution in [0.1, 0.15) is 26.2 Å². The van der Waals surface area contributed by atoms with Crippen molar-refractivity contribution in [1.82, 2.24) is 4.90 Å². The zero-order valence-electron chi connectivity index (χ0n) is 11.8. The minimum Gasteiger partial charge on any atom is -0.491 e. The van der Waals surface area contributed by atoms with Crippen LogP contribution in [0, 0.1) is 4.91 Å². The molecule has 1 fully saturated rings. The highest BCUT2D eigenvalue weighted by molar-refractivity contribution is 5.16. The third kappa shape index (κ3) is 6.34. The van der Waals surface area contributed by atoms with Crippen molar-refractivity contribution in [3.63, 3.8) is 0 Å². The molecule has 1 aliphatic heterocycles. The van der Waals surface area contributed by atoms with E-state index in [-0.39, 0.29) is 6.04 Å². The molecule has 19 heavy (non-hydrogen) atoms. The molecule has 106 valence electrons. The van der Waals surface area contributed by atoms with Crippen LogP contribution in [-0.2, 0) is 4.74 Å².